The number of hydrogen-bond acceptors (Lipinski definition) is 5. The van der Waals surface area contributed by atoms with Crippen LogP contribution in [0.5, 0.6) is 17.2 Å². The van der Waals surface area contributed by atoms with E-state index in [0.717, 1.165) is 54.3 Å². The molecule has 0 saturated carbocycles. The summed E-state index contributed by atoms with van der Waals surface area (Å²) in [5, 5.41) is 3.50. The largest absolute Gasteiger partial charge is 0.494 e. The Balaban J connectivity index is 1.80. The van der Waals surface area contributed by atoms with Gasteiger partial charge in [-0.3, -0.25) is 4.90 Å². The average Bonchev–Trinajstić information content (AvgIpc) is 2.98. The Labute approximate surface area is 168 Å². The molecule has 0 aromatic heterocycles. The van der Waals surface area contributed by atoms with Crippen molar-refractivity contribution in [1.82, 2.24) is 10.2 Å². The van der Waals surface area contributed by atoms with E-state index in [1.54, 1.807) is 0 Å². The van der Waals surface area contributed by atoms with Crippen molar-refractivity contribution in [2.45, 2.75) is 19.4 Å². The van der Waals surface area contributed by atoms with Gasteiger partial charge in [0.15, 0.2) is 11.5 Å². The zero-order valence-electron chi connectivity index (χ0n) is 15.5. The van der Waals surface area contributed by atoms with Crippen LogP contribution in [-0.2, 0) is 0 Å². The molecule has 2 heterocycles. The summed E-state index contributed by atoms with van der Waals surface area (Å²) >= 11 is 3.65. The predicted octanol–water partition coefficient (Wildman–Crippen LogP) is 3.96. The van der Waals surface area contributed by atoms with E-state index in [2.05, 4.69) is 50.4 Å². The van der Waals surface area contributed by atoms with Gasteiger partial charge >= 0.3 is 0 Å². The Bertz CT molecular complexity index is 791. The first-order chi connectivity index (χ1) is 13.3. The van der Waals surface area contributed by atoms with E-state index < -0.39 is 0 Å². The lowest BCUT2D eigenvalue weighted by atomic mass is 9.95. The van der Waals surface area contributed by atoms with Crippen molar-refractivity contribution in [3.63, 3.8) is 0 Å². The van der Waals surface area contributed by atoms with Crippen LogP contribution in [0, 0.1) is 0 Å². The second-order valence-corrected chi connectivity index (χ2v) is 7.69. The third kappa shape index (κ3) is 4.08. The zero-order chi connectivity index (χ0) is 18.6. The van der Waals surface area contributed by atoms with Crippen molar-refractivity contribution >= 4 is 15.9 Å². The molecule has 2 aliphatic heterocycles. The van der Waals surface area contributed by atoms with Crippen LogP contribution in [0.3, 0.4) is 0 Å². The molecule has 1 fully saturated rings. The van der Waals surface area contributed by atoms with Gasteiger partial charge in [0.05, 0.1) is 12.6 Å². The first-order valence-electron chi connectivity index (χ1n) is 9.53. The second-order valence-electron chi connectivity index (χ2n) is 6.77. The van der Waals surface area contributed by atoms with Crippen LogP contribution in [0.4, 0.5) is 0 Å². The standard InChI is InChI=1S/C21H25BrN2O3/c1-2-25-18-7-5-16(22)13-17(18)21(24-10-3-8-23-9-11-24)15-4-6-19-20(12-15)27-14-26-19/h4-7,12-13,21,23H,2-3,8-11,14H2,1H3. The summed E-state index contributed by atoms with van der Waals surface area (Å²) in [4.78, 5) is 2.53. The highest BCUT2D eigenvalue weighted by Crippen LogP contribution is 2.41. The van der Waals surface area contributed by atoms with Gasteiger partial charge in [-0.05, 0) is 55.8 Å². The summed E-state index contributed by atoms with van der Waals surface area (Å²) in [7, 11) is 0. The van der Waals surface area contributed by atoms with Crippen molar-refractivity contribution in [2.75, 3.05) is 39.6 Å². The molecular weight excluding hydrogens is 408 g/mol. The molecule has 0 aliphatic carbocycles. The second kappa shape index (κ2) is 8.50. The third-order valence-electron chi connectivity index (χ3n) is 5.02. The highest BCUT2D eigenvalue weighted by atomic mass is 79.9. The number of hydrogen-bond donors (Lipinski definition) is 1. The maximum atomic E-state index is 5.99. The molecule has 0 spiro atoms. The Morgan fingerprint density at radius 1 is 1.11 bits per heavy atom. The van der Waals surface area contributed by atoms with Crippen molar-refractivity contribution in [2.24, 2.45) is 0 Å². The number of benzene rings is 2. The molecule has 5 nitrogen and oxygen atoms in total. The highest BCUT2D eigenvalue weighted by molar-refractivity contribution is 9.10. The average molecular weight is 433 g/mol. The van der Waals surface area contributed by atoms with Crippen LogP contribution < -0.4 is 19.5 Å². The van der Waals surface area contributed by atoms with E-state index in [0.29, 0.717) is 6.61 Å². The molecular formula is C21H25BrN2O3. The fraction of sp³-hybridized carbons (Fsp3) is 0.429. The number of ether oxygens (including phenoxy) is 3. The number of fused-ring (bicyclic) bond motifs is 1. The summed E-state index contributed by atoms with van der Waals surface area (Å²) in [5.41, 5.74) is 2.37. The Hall–Kier alpha value is -1.76. The van der Waals surface area contributed by atoms with Gasteiger partial charge in [-0.25, -0.2) is 0 Å². The lowest BCUT2D eigenvalue weighted by Crippen LogP contribution is -2.33. The van der Waals surface area contributed by atoms with Gasteiger partial charge < -0.3 is 19.5 Å². The lowest BCUT2D eigenvalue weighted by molar-refractivity contribution is 0.173. The molecule has 27 heavy (non-hydrogen) atoms. The molecule has 1 N–H and O–H groups in total. The van der Waals surface area contributed by atoms with Crippen molar-refractivity contribution < 1.29 is 14.2 Å². The van der Waals surface area contributed by atoms with Crippen molar-refractivity contribution in [1.29, 1.82) is 0 Å². The molecule has 6 heteroatoms. The van der Waals surface area contributed by atoms with Gasteiger partial charge in [-0.15, -0.1) is 0 Å². The molecule has 2 aliphatic rings. The molecule has 1 atom stereocenters. The number of nitrogens with one attached hydrogen (secondary N) is 1. The van der Waals surface area contributed by atoms with Crippen molar-refractivity contribution in [3.8, 4) is 17.2 Å². The van der Waals surface area contributed by atoms with E-state index in [-0.39, 0.29) is 12.8 Å². The fourth-order valence-corrected chi connectivity index (χ4v) is 4.19. The van der Waals surface area contributed by atoms with E-state index in [9.17, 15) is 0 Å². The summed E-state index contributed by atoms with van der Waals surface area (Å²) in [6.07, 6.45) is 1.12. The zero-order valence-corrected chi connectivity index (χ0v) is 17.1. The van der Waals surface area contributed by atoms with Gasteiger partial charge in [0.2, 0.25) is 6.79 Å². The molecule has 1 saturated heterocycles. The molecule has 2 aromatic carbocycles. The van der Waals surface area contributed by atoms with Gasteiger partial charge in [-0.1, -0.05) is 22.0 Å². The monoisotopic (exact) mass is 432 g/mol. The Morgan fingerprint density at radius 3 is 2.89 bits per heavy atom. The molecule has 1 unspecified atom stereocenters. The number of nitrogens with zero attached hydrogens (tertiary/aromatic N) is 1. The van der Waals surface area contributed by atoms with Crippen LogP contribution in [0.25, 0.3) is 0 Å². The smallest absolute Gasteiger partial charge is 0.231 e. The molecule has 0 amide bonds. The van der Waals surface area contributed by atoms with Crippen LogP contribution in [0.2, 0.25) is 0 Å². The SMILES string of the molecule is CCOc1ccc(Br)cc1C(c1ccc2c(c1)OCO2)N1CCCNCC1. The van der Waals surface area contributed by atoms with Gasteiger partial charge in [-0.2, -0.15) is 0 Å². The first kappa shape index (κ1) is 18.6. The molecule has 0 bridgehead atoms. The third-order valence-corrected chi connectivity index (χ3v) is 5.51. The van der Waals surface area contributed by atoms with E-state index in [1.807, 2.05) is 19.1 Å². The predicted molar refractivity (Wildman–Crippen MR) is 109 cm³/mol. The van der Waals surface area contributed by atoms with Gasteiger partial charge in [0, 0.05) is 29.7 Å². The minimum atomic E-state index is 0.0958. The Morgan fingerprint density at radius 2 is 2.00 bits per heavy atom. The van der Waals surface area contributed by atoms with Crippen LogP contribution in [0.15, 0.2) is 40.9 Å². The molecule has 4 rings (SSSR count). The first-order valence-corrected chi connectivity index (χ1v) is 10.3. The van der Waals surface area contributed by atoms with Crippen LogP contribution in [-0.4, -0.2) is 44.5 Å². The maximum absolute atomic E-state index is 5.99. The number of halogens is 1. The van der Waals surface area contributed by atoms with Gasteiger partial charge in [0.1, 0.15) is 5.75 Å². The van der Waals surface area contributed by atoms with Crippen LogP contribution in [0.1, 0.15) is 30.5 Å². The summed E-state index contributed by atoms with van der Waals surface area (Å²) < 4.78 is 18.2. The minimum Gasteiger partial charge on any atom is -0.494 e. The van der Waals surface area contributed by atoms with Crippen molar-refractivity contribution in [3.05, 3.63) is 52.0 Å². The maximum Gasteiger partial charge on any atom is 0.231 e. The van der Waals surface area contributed by atoms with Gasteiger partial charge in [0.25, 0.3) is 0 Å². The summed E-state index contributed by atoms with van der Waals surface area (Å²) in [6, 6.07) is 12.6. The topological polar surface area (TPSA) is 43.0 Å². The normalized spacial score (nSPS) is 18.1. The van der Waals surface area contributed by atoms with E-state index in [4.69, 9.17) is 14.2 Å². The van der Waals surface area contributed by atoms with E-state index >= 15 is 0 Å². The fourth-order valence-electron chi connectivity index (χ4n) is 3.82. The Kier molecular flexibility index (Phi) is 5.86. The van der Waals surface area contributed by atoms with E-state index in [1.165, 1.54) is 11.1 Å². The minimum absolute atomic E-state index is 0.0958. The van der Waals surface area contributed by atoms with Crippen LogP contribution >= 0.6 is 15.9 Å². The lowest BCUT2D eigenvalue weighted by Gasteiger charge is -2.32. The molecule has 144 valence electrons. The summed E-state index contributed by atoms with van der Waals surface area (Å²) in [6.45, 7) is 7.01. The quantitative estimate of drug-likeness (QED) is 0.774. The molecule has 0 radical (unpaired) electrons. The molecule has 2 aromatic rings. The highest BCUT2D eigenvalue weighted by Gasteiger charge is 2.28. The number of rotatable bonds is 5. The summed E-state index contributed by atoms with van der Waals surface area (Å²) in [5.74, 6) is 2.56.